The van der Waals surface area contributed by atoms with Crippen molar-refractivity contribution in [2.75, 3.05) is 5.73 Å². The van der Waals surface area contributed by atoms with Gasteiger partial charge >= 0.3 is 0 Å². The molecular weight excluding hydrogens is 152 g/mol. The van der Waals surface area contributed by atoms with Gasteiger partial charge in [-0.2, -0.15) is 0 Å². The Balaban J connectivity index is 2.81. The number of anilines is 1. The summed E-state index contributed by atoms with van der Waals surface area (Å²) in [7, 11) is 0. The molecule has 0 radical (unpaired) electrons. The number of nitrogens with two attached hydrogens (primary N) is 1. The molecule has 0 fully saturated rings. The first-order valence-corrected chi connectivity index (χ1v) is 4.24. The Morgan fingerprint density at radius 3 is 2.67 bits per heavy atom. The summed E-state index contributed by atoms with van der Waals surface area (Å²) in [6.45, 7) is 6.41. The largest absolute Gasteiger partial charge is 0.367 e. The number of nitrogens with zero attached hydrogens (tertiary/aromatic N) is 3. The fourth-order valence-electron chi connectivity index (χ4n) is 1.29. The standard InChI is InChI=1S/C8H16N4/c1-4-5-8(2,3)12-6-10-7(9)11-12/h6H,4-5H2,1-3H3,(H2,9,11). The van der Waals surface area contributed by atoms with Crippen LogP contribution in [0.4, 0.5) is 5.95 Å². The van der Waals surface area contributed by atoms with Crippen molar-refractivity contribution in [3.8, 4) is 0 Å². The molecule has 4 nitrogen and oxygen atoms in total. The molecule has 0 spiro atoms. The Morgan fingerprint density at radius 2 is 2.25 bits per heavy atom. The summed E-state index contributed by atoms with van der Waals surface area (Å²) in [6, 6.07) is 0. The van der Waals surface area contributed by atoms with E-state index in [1.165, 1.54) is 0 Å². The average Bonchev–Trinajstić information content (AvgIpc) is 2.36. The highest BCUT2D eigenvalue weighted by Gasteiger charge is 2.19. The minimum Gasteiger partial charge on any atom is -0.367 e. The second-order valence-corrected chi connectivity index (χ2v) is 3.61. The quantitative estimate of drug-likeness (QED) is 0.742. The summed E-state index contributed by atoms with van der Waals surface area (Å²) in [6.07, 6.45) is 3.90. The maximum atomic E-state index is 5.43. The lowest BCUT2D eigenvalue weighted by Crippen LogP contribution is -2.26. The smallest absolute Gasteiger partial charge is 0.239 e. The van der Waals surface area contributed by atoms with Crippen molar-refractivity contribution in [1.82, 2.24) is 14.8 Å². The zero-order chi connectivity index (χ0) is 9.19. The number of hydrogen-bond donors (Lipinski definition) is 1. The molecule has 0 amide bonds. The molecule has 0 saturated heterocycles. The first-order chi connectivity index (χ1) is 5.56. The molecule has 1 rings (SSSR count). The fourth-order valence-corrected chi connectivity index (χ4v) is 1.29. The van der Waals surface area contributed by atoms with Gasteiger partial charge in [0.15, 0.2) is 0 Å². The van der Waals surface area contributed by atoms with Crippen LogP contribution in [0.1, 0.15) is 33.6 Å². The van der Waals surface area contributed by atoms with E-state index < -0.39 is 0 Å². The van der Waals surface area contributed by atoms with E-state index in [9.17, 15) is 0 Å². The molecule has 68 valence electrons. The Hall–Kier alpha value is -1.06. The lowest BCUT2D eigenvalue weighted by molar-refractivity contribution is 0.292. The highest BCUT2D eigenvalue weighted by atomic mass is 15.4. The second kappa shape index (κ2) is 3.13. The molecule has 0 bridgehead atoms. The Morgan fingerprint density at radius 1 is 1.58 bits per heavy atom. The Labute approximate surface area is 72.8 Å². The summed E-state index contributed by atoms with van der Waals surface area (Å²) in [5.41, 5.74) is 5.46. The molecular formula is C8H16N4. The van der Waals surface area contributed by atoms with Crippen molar-refractivity contribution in [2.24, 2.45) is 0 Å². The van der Waals surface area contributed by atoms with Crippen molar-refractivity contribution in [3.63, 3.8) is 0 Å². The van der Waals surface area contributed by atoms with Crippen LogP contribution in [0.2, 0.25) is 0 Å². The van der Waals surface area contributed by atoms with Crippen LogP contribution in [0.25, 0.3) is 0 Å². The predicted molar refractivity (Wildman–Crippen MR) is 48.7 cm³/mol. The monoisotopic (exact) mass is 168 g/mol. The highest BCUT2D eigenvalue weighted by molar-refractivity contribution is 5.10. The van der Waals surface area contributed by atoms with Crippen molar-refractivity contribution >= 4 is 5.95 Å². The third-order valence-electron chi connectivity index (χ3n) is 1.99. The van der Waals surface area contributed by atoms with Gasteiger partial charge in [-0.3, -0.25) is 0 Å². The first-order valence-electron chi connectivity index (χ1n) is 4.24. The van der Waals surface area contributed by atoms with Gasteiger partial charge in [0.25, 0.3) is 0 Å². The van der Waals surface area contributed by atoms with Gasteiger partial charge in [0.2, 0.25) is 5.95 Å². The van der Waals surface area contributed by atoms with E-state index >= 15 is 0 Å². The number of rotatable bonds is 3. The van der Waals surface area contributed by atoms with Crippen LogP contribution < -0.4 is 5.73 Å². The molecule has 0 saturated carbocycles. The first kappa shape index (κ1) is 9.03. The molecule has 1 heterocycles. The van der Waals surface area contributed by atoms with Gasteiger partial charge in [-0.25, -0.2) is 9.67 Å². The molecule has 0 aliphatic heterocycles. The van der Waals surface area contributed by atoms with E-state index in [0.29, 0.717) is 5.95 Å². The van der Waals surface area contributed by atoms with E-state index in [2.05, 4.69) is 30.9 Å². The normalized spacial score (nSPS) is 11.9. The van der Waals surface area contributed by atoms with Gasteiger partial charge < -0.3 is 5.73 Å². The molecule has 4 heteroatoms. The van der Waals surface area contributed by atoms with E-state index in [1.54, 1.807) is 6.33 Å². The van der Waals surface area contributed by atoms with Crippen LogP contribution in [0, 0.1) is 0 Å². The van der Waals surface area contributed by atoms with Crippen LogP contribution in [0.5, 0.6) is 0 Å². The van der Waals surface area contributed by atoms with Gasteiger partial charge in [0.1, 0.15) is 6.33 Å². The van der Waals surface area contributed by atoms with Crippen LogP contribution in [-0.4, -0.2) is 14.8 Å². The number of hydrogen-bond acceptors (Lipinski definition) is 3. The van der Waals surface area contributed by atoms with Crippen LogP contribution in [0.3, 0.4) is 0 Å². The summed E-state index contributed by atoms with van der Waals surface area (Å²) in [5.74, 6) is 0.346. The summed E-state index contributed by atoms with van der Waals surface area (Å²) >= 11 is 0. The minimum atomic E-state index is 0.0272. The topological polar surface area (TPSA) is 56.7 Å². The number of aromatic nitrogens is 3. The van der Waals surface area contributed by atoms with E-state index in [0.717, 1.165) is 12.8 Å². The Kier molecular flexibility index (Phi) is 2.35. The van der Waals surface area contributed by atoms with E-state index in [4.69, 9.17) is 5.73 Å². The highest BCUT2D eigenvalue weighted by Crippen LogP contribution is 2.19. The van der Waals surface area contributed by atoms with Crippen molar-refractivity contribution in [1.29, 1.82) is 0 Å². The zero-order valence-electron chi connectivity index (χ0n) is 7.91. The van der Waals surface area contributed by atoms with Crippen LogP contribution in [-0.2, 0) is 5.54 Å². The molecule has 0 atom stereocenters. The van der Waals surface area contributed by atoms with Crippen LogP contribution >= 0.6 is 0 Å². The van der Waals surface area contributed by atoms with Crippen LogP contribution in [0.15, 0.2) is 6.33 Å². The predicted octanol–water partition coefficient (Wildman–Crippen LogP) is 1.40. The van der Waals surface area contributed by atoms with E-state index in [-0.39, 0.29) is 5.54 Å². The Bertz CT molecular complexity index is 251. The zero-order valence-corrected chi connectivity index (χ0v) is 7.91. The van der Waals surface area contributed by atoms with Crippen molar-refractivity contribution < 1.29 is 0 Å². The summed E-state index contributed by atoms with van der Waals surface area (Å²) in [5, 5.41) is 4.08. The van der Waals surface area contributed by atoms with Gasteiger partial charge in [-0.15, -0.1) is 5.10 Å². The average molecular weight is 168 g/mol. The van der Waals surface area contributed by atoms with Gasteiger partial charge in [0.05, 0.1) is 5.54 Å². The maximum Gasteiger partial charge on any atom is 0.239 e. The van der Waals surface area contributed by atoms with Crippen molar-refractivity contribution in [3.05, 3.63) is 6.33 Å². The molecule has 0 unspecified atom stereocenters. The lowest BCUT2D eigenvalue weighted by Gasteiger charge is -2.23. The third-order valence-corrected chi connectivity index (χ3v) is 1.99. The SMILES string of the molecule is CCCC(C)(C)n1cnc(N)n1. The maximum absolute atomic E-state index is 5.43. The fraction of sp³-hybridized carbons (Fsp3) is 0.750. The minimum absolute atomic E-state index is 0.0272. The molecule has 1 aromatic heterocycles. The molecule has 0 aromatic carbocycles. The molecule has 0 aliphatic carbocycles. The second-order valence-electron chi connectivity index (χ2n) is 3.61. The summed E-state index contributed by atoms with van der Waals surface area (Å²) in [4.78, 5) is 3.89. The number of nitrogen functional groups attached to an aromatic ring is 1. The van der Waals surface area contributed by atoms with E-state index in [1.807, 2.05) is 4.68 Å². The molecule has 1 aromatic rings. The third kappa shape index (κ3) is 1.75. The summed E-state index contributed by atoms with van der Waals surface area (Å²) < 4.78 is 1.83. The van der Waals surface area contributed by atoms with Gasteiger partial charge in [-0.1, -0.05) is 13.3 Å². The van der Waals surface area contributed by atoms with Crippen molar-refractivity contribution in [2.45, 2.75) is 39.2 Å². The van der Waals surface area contributed by atoms with Gasteiger partial charge in [-0.05, 0) is 20.3 Å². The lowest BCUT2D eigenvalue weighted by atomic mass is 10.00. The molecule has 12 heavy (non-hydrogen) atoms. The van der Waals surface area contributed by atoms with Gasteiger partial charge in [0, 0.05) is 0 Å². The molecule has 0 aliphatic rings. The molecule has 2 N–H and O–H groups in total.